The standard InChI is InChI=1S/C33H44N2O8/c1-18(2)32(39)34-21(5)33(40)43-25-13-8-7-9-14-26-29-27(41-6)17-28(37)35(29)24-16-23(36)15-22(31(24)42-26)12-10-11-19(3)30(38)20(25)4/h7-9,11,14-16,18,20-21,25-27,29-30,36,38H,10,12-13,17H2,1-6H3,(H,34,39)/t20-,21+,25-,26-,27+,29+,30-/m0/s1. The molecule has 1 aromatic rings. The van der Waals surface area contributed by atoms with Crippen LogP contribution in [-0.2, 0) is 30.3 Å². The number of benzene rings is 1. The minimum Gasteiger partial charge on any atom is -0.508 e. The molecule has 2 bridgehead atoms. The van der Waals surface area contributed by atoms with Gasteiger partial charge in [-0.3, -0.25) is 14.5 Å². The zero-order valence-corrected chi connectivity index (χ0v) is 25.8. The highest BCUT2D eigenvalue weighted by molar-refractivity contribution is 5.99. The highest BCUT2D eigenvalue weighted by Gasteiger charge is 2.49. The number of methoxy groups -OCH3 is 1. The molecule has 1 saturated heterocycles. The maximum absolute atomic E-state index is 13.1. The van der Waals surface area contributed by atoms with Crippen LogP contribution in [0.5, 0.6) is 11.5 Å². The molecule has 3 N–H and O–H groups in total. The van der Waals surface area contributed by atoms with E-state index in [2.05, 4.69) is 5.32 Å². The molecule has 4 rings (SSSR count). The molecule has 1 fully saturated rings. The second-order valence-corrected chi connectivity index (χ2v) is 12.0. The van der Waals surface area contributed by atoms with Gasteiger partial charge in [0.25, 0.3) is 0 Å². The van der Waals surface area contributed by atoms with Gasteiger partial charge in [0, 0.05) is 37.0 Å². The van der Waals surface area contributed by atoms with Crippen molar-refractivity contribution in [1.29, 1.82) is 0 Å². The number of aromatic hydroxyl groups is 1. The largest absolute Gasteiger partial charge is 0.508 e. The van der Waals surface area contributed by atoms with Crippen LogP contribution in [0.2, 0.25) is 0 Å². The quantitative estimate of drug-likeness (QED) is 0.346. The summed E-state index contributed by atoms with van der Waals surface area (Å²) in [5, 5.41) is 24.4. The number of esters is 1. The maximum atomic E-state index is 13.1. The van der Waals surface area contributed by atoms with Crippen molar-refractivity contribution >= 4 is 23.5 Å². The molecule has 3 heterocycles. The highest BCUT2D eigenvalue weighted by atomic mass is 16.5. The number of aliphatic hydroxyl groups excluding tert-OH is 1. The number of rotatable bonds is 5. The van der Waals surface area contributed by atoms with E-state index >= 15 is 0 Å². The van der Waals surface area contributed by atoms with Gasteiger partial charge in [-0.25, -0.2) is 4.79 Å². The van der Waals surface area contributed by atoms with Crippen molar-refractivity contribution in [1.82, 2.24) is 5.32 Å². The predicted molar refractivity (Wildman–Crippen MR) is 162 cm³/mol. The molecule has 3 aliphatic rings. The molecule has 43 heavy (non-hydrogen) atoms. The second-order valence-electron chi connectivity index (χ2n) is 12.0. The molecule has 1 aromatic carbocycles. The summed E-state index contributed by atoms with van der Waals surface area (Å²) in [6, 6.07) is 1.96. The van der Waals surface area contributed by atoms with Gasteiger partial charge in [-0.05, 0) is 44.4 Å². The van der Waals surface area contributed by atoms with E-state index in [9.17, 15) is 24.6 Å². The van der Waals surface area contributed by atoms with Crippen LogP contribution in [-0.4, -0.2) is 71.6 Å². The molecule has 234 valence electrons. The summed E-state index contributed by atoms with van der Waals surface area (Å²) in [6.45, 7) is 8.74. The predicted octanol–water partition coefficient (Wildman–Crippen LogP) is 3.74. The number of phenolic OH excluding ortho intramolecular Hbond substituents is 1. The van der Waals surface area contributed by atoms with E-state index in [-0.39, 0.29) is 36.0 Å². The highest BCUT2D eigenvalue weighted by Crippen LogP contribution is 2.46. The normalized spacial score (nSPS) is 28.1. The summed E-state index contributed by atoms with van der Waals surface area (Å²) >= 11 is 0. The SMILES string of the molecule is CO[C@@H]1CC(=O)N2c3cc(O)cc4c3O[C@@H](C=CC=CC[C@H](OC(=O)[C@@H](C)NC(=O)C(C)C)[C@H](C)[C@@H](O)C(C)=CCC4)[C@H]12. The first-order valence-electron chi connectivity index (χ1n) is 15.0. The van der Waals surface area contributed by atoms with E-state index in [1.165, 1.54) is 0 Å². The monoisotopic (exact) mass is 596 g/mol. The van der Waals surface area contributed by atoms with Crippen molar-refractivity contribution in [3.63, 3.8) is 0 Å². The fraction of sp³-hybridized carbons (Fsp3) is 0.545. The summed E-state index contributed by atoms with van der Waals surface area (Å²) < 4.78 is 18.0. The zero-order chi connectivity index (χ0) is 31.4. The van der Waals surface area contributed by atoms with Crippen molar-refractivity contribution < 1.29 is 38.8 Å². The number of aliphatic hydroxyl groups is 1. The van der Waals surface area contributed by atoms with Gasteiger partial charge < -0.3 is 29.7 Å². The average molecular weight is 597 g/mol. The number of nitrogens with zero attached hydrogens (tertiary/aromatic N) is 1. The molecule has 0 spiro atoms. The fourth-order valence-corrected chi connectivity index (χ4v) is 5.83. The maximum Gasteiger partial charge on any atom is 0.328 e. The Morgan fingerprint density at radius 1 is 1.16 bits per heavy atom. The molecule has 2 amide bonds. The molecule has 7 atom stereocenters. The molecule has 0 unspecified atom stereocenters. The third kappa shape index (κ3) is 7.13. The van der Waals surface area contributed by atoms with Crippen molar-refractivity contribution in [2.45, 2.75) is 96.8 Å². The first-order chi connectivity index (χ1) is 20.4. The number of allylic oxidation sites excluding steroid dienone is 3. The Hall–Kier alpha value is -3.63. The lowest BCUT2D eigenvalue weighted by Crippen LogP contribution is -2.51. The van der Waals surface area contributed by atoms with Crippen LogP contribution in [0.3, 0.4) is 0 Å². The number of ether oxygens (including phenoxy) is 3. The van der Waals surface area contributed by atoms with Gasteiger partial charge in [-0.1, -0.05) is 45.1 Å². The third-order valence-corrected chi connectivity index (χ3v) is 8.46. The number of nitrogens with one attached hydrogen (secondary N) is 1. The number of aryl methyl sites for hydroxylation is 1. The first kappa shape index (κ1) is 32.3. The minimum absolute atomic E-state index is 0.0360. The van der Waals surface area contributed by atoms with Crippen LogP contribution < -0.4 is 15.0 Å². The number of hydrogen-bond acceptors (Lipinski definition) is 8. The number of carbonyl (C=O) groups is 3. The molecule has 10 nitrogen and oxygen atoms in total. The molecule has 0 aromatic heterocycles. The summed E-state index contributed by atoms with van der Waals surface area (Å²) in [7, 11) is 1.57. The van der Waals surface area contributed by atoms with Crippen LogP contribution in [0.4, 0.5) is 5.69 Å². The summed E-state index contributed by atoms with van der Waals surface area (Å²) in [6.07, 6.45) is 8.44. The number of fused-ring (bicyclic) bond motifs is 4. The number of amides is 2. The Labute approximate surface area is 253 Å². The number of phenols is 1. The Balaban J connectivity index is 1.65. The van der Waals surface area contributed by atoms with Crippen LogP contribution in [0.15, 0.2) is 48.1 Å². The van der Waals surface area contributed by atoms with E-state index in [1.807, 2.05) is 44.2 Å². The first-order valence-corrected chi connectivity index (χ1v) is 15.0. The van der Waals surface area contributed by atoms with Gasteiger partial charge in [-0.15, -0.1) is 0 Å². The van der Waals surface area contributed by atoms with Gasteiger partial charge in [-0.2, -0.15) is 0 Å². The summed E-state index contributed by atoms with van der Waals surface area (Å²) in [5.74, 6) is -1.04. The molecule has 0 radical (unpaired) electrons. The number of hydrogen-bond donors (Lipinski definition) is 3. The summed E-state index contributed by atoms with van der Waals surface area (Å²) in [4.78, 5) is 39.9. The third-order valence-electron chi connectivity index (χ3n) is 8.46. The van der Waals surface area contributed by atoms with E-state index in [0.717, 1.165) is 11.1 Å². The van der Waals surface area contributed by atoms with Crippen LogP contribution >= 0.6 is 0 Å². The number of carbonyl (C=O) groups excluding carboxylic acids is 3. The van der Waals surface area contributed by atoms with E-state index in [0.29, 0.717) is 30.7 Å². The Morgan fingerprint density at radius 3 is 2.60 bits per heavy atom. The second kappa shape index (κ2) is 13.8. The molecule has 3 aliphatic heterocycles. The topological polar surface area (TPSA) is 135 Å². The Morgan fingerprint density at radius 2 is 1.91 bits per heavy atom. The van der Waals surface area contributed by atoms with Crippen molar-refractivity contribution in [3.05, 3.63) is 53.6 Å². The van der Waals surface area contributed by atoms with Crippen molar-refractivity contribution in [2.24, 2.45) is 11.8 Å². The van der Waals surface area contributed by atoms with E-state index in [1.54, 1.807) is 44.9 Å². The molecule has 0 aliphatic carbocycles. The Kier molecular flexibility index (Phi) is 10.3. The molecular formula is C33H44N2O8. The lowest BCUT2D eigenvalue weighted by Gasteiger charge is -2.39. The van der Waals surface area contributed by atoms with Gasteiger partial charge in [0.1, 0.15) is 35.8 Å². The number of anilines is 1. The van der Waals surface area contributed by atoms with Gasteiger partial charge in [0.2, 0.25) is 11.8 Å². The Bertz CT molecular complexity index is 1300. The van der Waals surface area contributed by atoms with Gasteiger partial charge >= 0.3 is 5.97 Å². The van der Waals surface area contributed by atoms with Crippen LogP contribution in [0.1, 0.15) is 59.4 Å². The zero-order valence-electron chi connectivity index (χ0n) is 25.8. The average Bonchev–Trinajstić information content (AvgIpc) is 3.31. The minimum atomic E-state index is -0.886. The van der Waals surface area contributed by atoms with Crippen molar-refractivity contribution in [3.8, 4) is 11.5 Å². The summed E-state index contributed by atoms with van der Waals surface area (Å²) in [5.41, 5.74) is 2.00. The molecule has 10 heteroatoms. The fourth-order valence-electron chi connectivity index (χ4n) is 5.83. The van der Waals surface area contributed by atoms with Crippen molar-refractivity contribution in [2.75, 3.05) is 12.0 Å². The van der Waals surface area contributed by atoms with Gasteiger partial charge in [0.05, 0.1) is 24.3 Å². The van der Waals surface area contributed by atoms with Crippen LogP contribution in [0.25, 0.3) is 0 Å². The lowest BCUT2D eigenvalue weighted by molar-refractivity contribution is -0.156. The van der Waals surface area contributed by atoms with Crippen LogP contribution in [0, 0.1) is 11.8 Å². The van der Waals surface area contributed by atoms with E-state index < -0.39 is 42.3 Å². The van der Waals surface area contributed by atoms with E-state index in [4.69, 9.17) is 14.2 Å². The lowest BCUT2D eigenvalue weighted by atomic mass is 9.90. The molecule has 0 saturated carbocycles. The smallest absolute Gasteiger partial charge is 0.328 e. The molecular weight excluding hydrogens is 552 g/mol. The van der Waals surface area contributed by atoms with Gasteiger partial charge in [0.15, 0.2) is 0 Å².